The number of hydrogen-bond acceptors (Lipinski definition) is 13. The second-order valence-corrected chi connectivity index (χ2v) is 23.6. The quantitative estimate of drug-likeness (QED) is 0.0562. The van der Waals surface area contributed by atoms with Gasteiger partial charge < -0.3 is 29.8 Å². The van der Waals surface area contributed by atoms with Crippen LogP contribution in [0.2, 0.25) is 0 Å². The van der Waals surface area contributed by atoms with Crippen LogP contribution in [0, 0.1) is 27.3 Å². The molecule has 0 radical (unpaired) electrons. The lowest BCUT2D eigenvalue weighted by molar-refractivity contribution is -0.384. The maximum Gasteiger partial charge on any atom is 0.293 e. The number of benzene rings is 4. The molecule has 0 bridgehead atoms. The number of carbonyl (C=O) groups is 1. The zero-order valence-electron chi connectivity index (χ0n) is 42.0. The van der Waals surface area contributed by atoms with E-state index in [9.17, 15) is 32.8 Å². The molecule has 3 aliphatic heterocycles. The third-order valence-corrected chi connectivity index (χ3v) is 17.6. The van der Waals surface area contributed by atoms with Gasteiger partial charge in [-0.15, -0.1) is 0 Å². The summed E-state index contributed by atoms with van der Waals surface area (Å²) in [6, 6.07) is 26.1. The fourth-order valence-electron chi connectivity index (χ4n) is 12.1. The van der Waals surface area contributed by atoms with Crippen LogP contribution in [0.1, 0.15) is 104 Å². The summed E-state index contributed by atoms with van der Waals surface area (Å²) in [6.45, 7) is 12.8. The molecule has 4 aromatic carbocycles. The summed E-state index contributed by atoms with van der Waals surface area (Å²) in [7, 11) is -4.64. The van der Waals surface area contributed by atoms with Crippen molar-refractivity contribution in [2.45, 2.75) is 101 Å². The number of sulfonamides is 1. The van der Waals surface area contributed by atoms with Crippen LogP contribution in [0.25, 0.3) is 11.0 Å². The molecule has 2 saturated heterocycles. The van der Waals surface area contributed by atoms with Gasteiger partial charge in [0.05, 0.1) is 39.2 Å². The summed E-state index contributed by atoms with van der Waals surface area (Å²) >= 11 is 0. The van der Waals surface area contributed by atoms with Gasteiger partial charge in [0.25, 0.3) is 21.6 Å². The monoisotopic (exact) mass is 1030 g/mol. The molecule has 2 saturated carbocycles. The number of aromatic nitrogens is 2. The molecule has 5 aliphatic rings. The van der Waals surface area contributed by atoms with E-state index in [4.69, 9.17) is 9.47 Å². The van der Waals surface area contributed by atoms with Crippen molar-refractivity contribution in [3.8, 4) is 17.2 Å². The zero-order valence-corrected chi connectivity index (χ0v) is 42.8. The van der Waals surface area contributed by atoms with Gasteiger partial charge >= 0.3 is 0 Å². The number of amides is 1. The molecule has 1 spiro atoms. The van der Waals surface area contributed by atoms with E-state index in [1.165, 1.54) is 58.9 Å². The number of nitrogens with one attached hydrogen (secondary N) is 3. The number of nitro benzene ring substituents is 1. The third kappa shape index (κ3) is 10.0. The van der Waals surface area contributed by atoms with Crippen molar-refractivity contribution in [3.05, 3.63) is 141 Å². The number of aliphatic hydroxyl groups is 1. The first kappa shape index (κ1) is 49.6. The highest BCUT2D eigenvalue weighted by atomic mass is 32.2. The van der Waals surface area contributed by atoms with Gasteiger partial charge in [-0.25, -0.2) is 22.5 Å². The smallest absolute Gasteiger partial charge is 0.293 e. The molecule has 2 aromatic heterocycles. The van der Waals surface area contributed by atoms with Crippen LogP contribution in [0.3, 0.4) is 0 Å². The number of H-pyrrole nitrogens is 1. The number of ether oxygens (including phenoxy) is 2. The highest BCUT2D eigenvalue weighted by molar-refractivity contribution is 7.90. The molecule has 388 valence electrons. The highest BCUT2D eigenvalue weighted by Gasteiger charge is 2.55. The van der Waals surface area contributed by atoms with Gasteiger partial charge in [0.1, 0.15) is 34.4 Å². The number of pyridine rings is 1. The van der Waals surface area contributed by atoms with Crippen LogP contribution < -0.4 is 24.4 Å². The minimum Gasteiger partial charge on any atom is -0.493 e. The van der Waals surface area contributed by atoms with Crippen LogP contribution in [0.15, 0.2) is 102 Å². The molecule has 16 nitrogen and oxygen atoms in total. The number of rotatable bonds is 15. The van der Waals surface area contributed by atoms with Crippen LogP contribution >= 0.6 is 0 Å². The first-order valence-electron chi connectivity index (χ1n) is 25.8. The Kier molecular flexibility index (Phi) is 13.1. The molecule has 4 N–H and O–H groups in total. The average molecular weight is 1030 g/mol. The molecular weight excluding hydrogens is 964 g/mol. The van der Waals surface area contributed by atoms with Gasteiger partial charge in [-0.2, -0.15) is 0 Å². The number of nitro groups is 1. The predicted molar refractivity (Wildman–Crippen MR) is 280 cm³/mol. The molecule has 4 fully saturated rings. The van der Waals surface area contributed by atoms with Crippen molar-refractivity contribution in [1.29, 1.82) is 0 Å². The van der Waals surface area contributed by atoms with Crippen LogP contribution in [-0.4, -0.2) is 102 Å². The summed E-state index contributed by atoms with van der Waals surface area (Å²) < 4.78 is 56.7. The molecule has 6 aromatic rings. The number of nitrogens with zero attached hydrogens (tertiary/aromatic N) is 5. The summed E-state index contributed by atoms with van der Waals surface area (Å²) in [4.78, 5) is 39.8. The van der Waals surface area contributed by atoms with Gasteiger partial charge in [0.2, 0.25) is 0 Å². The maximum atomic E-state index is 14.7. The second kappa shape index (κ2) is 19.6. The summed E-state index contributed by atoms with van der Waals surface area (Å²) in [6.07, 6.45) is 8.35. The number of piperazine rings is 1. The molecule has 5 heterocycles. The Morgan fingerprint density at radius 1 is 1.04 bits per heavy atom. The standard InChI is InChI=1S/C56H63FN8O8S/c1-35(2)43-6-4-5-7-44(43)50-32-62(31-37-8-9-38-16-21-72-51(38)22-37)19-20-64(50)40-26-56(27-40)33-63(34-56)39-10-12-45(52(23-39)73-41-24-46-47(57)30-60-53(46)59-29-41)54(66)61-74(70,71)42-11-13-48(49(25-42)65(68)69)58-28-36-14-17-55(3,67)18-15-36/h4-13,22-25,29-30,35-36,40,50,58,67H,14-21,26-28,31-34H2,1-3H3,(H,59,60)(H,61,66). The number of anilines is 2. The summed E-state index contributed by atoms with van der Waals surface area (Å²) in [5, 5.41) is 25.8. The van der Waals surface area contributed by atoms with E-state index < -0.39 is 42.9 Å². The van der Waals surface area contributed by atoms with Crippen molar-refractivity contribution in [2.75, 3.05) is 56.1 Å². The minimum atomic E-state index is -4.64. The molecule has 74 heavy (non-hydrogen) atoms. The first-order chi connectivity index (χ1) is 35.5. The Morgan fingerprint density at radius 2 is 1.84 bits per heavy atom. The van der Waals surface area contributed by atoms with E-state index in [1.807, 2.05) is 0 Å². The van der Waals surface area contributed by atoms with E-state index in [0.717, 1.165) is 95.5 Å². The van der Waals surface area contributed by atoms with Gasteiger partial charge in [0, 0.05) is 93.7 Å². The van der Waals surface area contributed by atoms with Crippen LogP contribution in [0.5, 0.6) is 17.2 Å². The largest absolute Gasteiger partial charge is 0.493 e. The van der Waals surface area contributed by atoms with Gasteiger partial charge in [-0.05, 0) is 116 Å². The predicted octanol–water partition coefficient (Wildman–Crippen LogP) is 9.46. The summed E-state index contributed by atoms with van der Waals surface area (Å²) in [5.74, 6) is 0.162. The lowest BCUT2D eigenvalue weighted by Crippen LogP contribution is -2.68. The highest BCUT2D eigenvalue weighted by Crippen LogP contribution is 2.54. The third-order valence-electron chi connectivity index (χ3n) is 16.2. The van der Waals surface area contributed by atoms with Crippen LogP contribution in [-0.2, 0) is 23.0 Å². The van der Waals surface area contributed by atoms with Crippen molar-refractivity contribution in [3.63, 3.8) is 0 Å². The van der Waals surface area contributed by atoms with Gasteiger partial charge in [0.15, 0.2) is 0 Å². The van der Waals surface area contributed by atoms with E-state index in [-0.39, 0.29) is 45.5 Å². The number of halogens is 1. The maximum absolute atomic E-state index is 14.7. The Hall–Kier alpha value is -6.60. The lowest BCUT2D eigenvalue weighted by Gasteiger charge is -2.63. The molecule has 11 rings (SSSR count). The SMILES string of the molecule is CC(C)c1ccccc1C1CN(Cc2ccc3c(c2)OCC3)CCN1C1CC2(C1)CN(c1ccc(C(=O)NS(=O)(=O)c3ccc(NCC4CCC(C)(O)CC4)c([N+](=O)[O-])c3)c(Oc3cnc4[nH]cc(F)c4c3)c1)C2. The van der Waals surface area contributed by atoms with E-state index in [0.29, 0.717) is 37.0 Å². The van der Waals surface area contributed by atoms with Crippen molar-refractivity contribution in [2.24, 2.45) is 11.3 Å². The minimum absolute atomic E-state index is 0.0198. The Labute approximate surface area is 430 Å². The normalized spacial score (nSPS) is 22.0. The van der Waals surface area contributed by atoms with Crippen molar-refractivity contribution >= 4 is 44.0 Å². The number of carbonyl (C=O) groups excluding carboxylic acids is 1. The van der Waals surface area contributed by atoms with Crippen LogP contribution in [0.4, 0.5) is 21.5 Å². The Balaban J connectivity index is 0.794. The second-order valence-electron chi connectivity index (χ2n) is 21.9. The van der Waals surface area contributed by atoms with E-state index >= 15 is 0 Å². The van der Waals surface area contributed by atoms with Gasteiger partial charge in [-0.1, -0.05) is 50.2 Å². The van der Waals surface area contributed by atoms with Crippen molar-refractivity contribution in [1.82, 2.24) is 24.5 Å². The summed E-state index contributed by atoms with van der Waals surface area (Å²) in [5.41, 5.74) is 5.35. The molecular formula is C56H63FN8O8S. The Bertz CT molecular complexity index is 3230. The van der Waals surface area contributed by atoms with E-state index in [1.54, 1.807) is 19.1 Å². The molecule has 2 aliphatic carbocycles. The molecule has 1 amide bonds. The molecule has 1 unspecified atom stereocenters. The fraction of sp³-hybridized carbons (Fsp3) is 0.429. The first-order valence-corrected chi connectivity index (χ1v) is 27.3. The zero-order chi connectivity index (χ0) is 51.5. The topological polar surface area (TPSA) is 195 Å². The lowest BCUT2D eigenvalue weighted by atomic mass is 9.59. The fourth-order valence-corrected chi connectivity index (χ4v) is 13.1. The van der Waals surface area contributed by atoms with Crippen molar-refractivity contribution < 1.29 is 37.1 Å². The van der Waals surface area contributed by atoms with Gasteiger partial charge in [-0.3, -0.25) is 24.7 Å². The average Bonchev–Trinajstić information content (AvgIpc) is 3.99. The molecule has 18 heteroatoms. The number of fused-ring (bicyclic) bond motifs is 2. The number of hydrogen-bond donors (Lipinski definition) is 4. The number of aromatic amines is 1. The van der Waals surface area contributed by atoms with E-state index in [2.05, 4.69) is 91.0 Å². The molecule has 1 atom stereocenters. The Morgan fingerprint density at radius 3 is 2.62 bits per heavy atom.